The lowest BCUT2D eigenvalue weighted by molar-refractivity contribution is 0.0739. The maximum absolute atomic E-state index is 12.5. The predicted molar refractivity (Wildman–Crippen MR) is 75.1 cm³/mol. The standard InChI is InChI=1S/C15H17NO2S/c17-9-1-2-13-7-8-14(19-13)15(18)16(12-5-6-12)10-11-3-4-11/h7-8,11-12,17H,3-6,9-10H2. The first-order valence-corrected chi connectivity index (χ1v) is 7.60. The number of hydrogen-bond acceptors (Lipinski definition) is 3. The molecule has 2 aliphatic carbocycles. The van der Waals surface area contributed by atoms with Crippen LogP contribution in [0.2, 0.25) is 0 Å². The molecule has 0 bridgehead atoms. The smallest absolute Gasteiger partial charge is 0.264 e. The summed E-state index contributed by atoms with van der Waals surface area (Å²) in [6.45, 7) is 0.788. The Hall–Kier alpha value is -1.31. The lowest BCUT2D eigenvalue weighted by atomic mass is 10.3. The molecule has 100 valence electrons. The van der Waals surface area contributed by atoms with Crippen molar-refractivity contribution in [3.05, 3.63) is 21.9 Å². The highest BCUT2D eigenvalue weighted by Crippen LogP contribution is 2.36. The summed E-state index contributed by atoms with van der Waals surface area (Å²) in [6, 6.07) is 4.20. The normalized spacial score (nSPS) is 17.7. The van der Waals surface area contributed by atoms with Crippen LogP contribution in [0.4, 0.5) is 0 Å². The molecule has 1 N–H and O–H groups in total. The van der Waals surface area contributed by atoms with Crippen LogP contribution in [-0.4, -0.2) is 35.1 Å². The van der Waals surface area contributed by atoms with E-state index in [1.54, 1.807) is 0 Å². The fraction of sp³-hybridized carbons (Fsp3) is 0.533. The van der Waals surface area contributed by atoms with Gasteiger partial charge in [-0.2, -0.15) is 0 Å². The molecular weight excluding hydrogens is 258 g/mol. The molecule has 2 aliphatic rings. The molecule has 0 saturated heterocycles. The van der Waals surface area contributed by atoms with E-state index < -0.39 is 0 Å². The molecule has 0 spiro atoms. The minimum Gasteiger partial charge on any atom is -0.384 e. The minimum absolute atomic E-state index is 0.142. The molecule has 1 heterocycles. The Balaban J connectivity index is 1.71. The third-order valence-electron chi connectivity index (χ3n) is 3.51. The van der Waals surface area contributed by atoms with E-state index in [4.69, 9.17) is 5.11 Å². The van der Waals surface area contributed by atoms with Gasteiger partial charge in [-0.1, -0.05) is 11.8 Å². The molecule has 2 fully saturated rings. The van der Waals surface area contributed by atoms with Crippen molar-refractivity contribution in [3.63, 3.8) is 0 Å². The SMILES string of the molecule is O=C(c1ccc(C#CCO)s1)N(CC1CC1)C1CC1. The molecular formula is C15H17NO2S. The molecule has 2 saturated carbocycles. The summed E-state index contributed by atoms with van der Waals surface area (Å²) in [6.07, 6.45) is 4.85. The Bertz CT molecular complexity index is 532. The largest absolute Gasteiger partial charge is 0.384 e. The predicted octanol–water partition coefficient (Wildman–Crippen LogP) is 2.11. The number of carbonyl (C=O) groups excluding carboxylic acids is 1. The van der Waals surface area contributed by atoms with Crippen LogP contribution in [0.3, 0.4) is 0 Å². The number of hydrogen-bond donors (Lipinski definition) is 1. The van der Waals surface area contributed by atoms with Gasteiger partial charge < -0.3 is 10.0 Å². The van der Waals surface area contributed by atoms with Gasteiger partial charge in [-0.25, -0.2) is 0 Å². The van der Waals surface area contributed by atoms with Gasteiger partial charge in [-0.05, 0) is 43.7 Å². The van der Waals surface area contributed by atoms with E-state index in [0.717, 1.165) is 35.1 Å². The number of aliphatic hydroxyl groups is 1. The van der Waals surface area contributed by atoms with Gasteiger partial charge in [0.2, 0.25) is 0 Å². The molecule has 0 atom stereocenters. The maximum Gasteiger partial charge on any atom is 0.264 e. The van der Waals surface area contributed by atoms with Crippen molar-refractivity contribution in [1.82, 2.24) is 4.90 Å². The topological polar surface area (TPSA) is 40.5 Å². The van der Waals surface area contributed by atoms with E-state index in [0.29, 0.717) is 6.04 Å². The quantitative estimate of drug-likeness (QED) is 0.855. The molecule has 3 nitrogen and oxygen atoms in total. The van der Waals surface area contributed by atoms with E-state index in [-0.39, 0.29) is 12.5 Å². The van der Waals surface area contributed by atoms with E-state index in [1.165, 1.54) is 24.2 Å². The van der Waals surface area contributed by atoms with Crippen molar-refractivity contribution in [2.45, 2.75) is 31.7 Å². The molecule has 0 radical (unpaired) electrons. The van der Waals surface area contributed by atoms with Crippen LogP contribution in [0.1, 0.15) is 40.2 Å². The molecule has 1 aromatic rings. The summed E-state index contributed by atoms with van der Waals surface area (Å²) >= 11 is 1.43. The summed E-state index contributed by atoms with van der Waals surface area (Å²) in [7, 11) is 0. The van der Waals surface area contributed by atoms with Crippen LogP contribution in [0.15, 0.2) is 12.1 Å². The van der Waals surface area contributed by atoms with Gasteiger partial charge in [-0.15, -0.1) is 11.3 Å². The zero-order valence-electron chi connectivity index (χ0n) is 10.8. The molecule has 0 unspecified atom stereocenters. The van der Waals surface area contributed by atoms with Crippen molar-refractivity contribution < 1.29 is 9.90 Å². The summed E-state index contributed by atoms with van der Waals surface area (Å²) in [5.74, 6) is 6.37. The highest BCUT2D eigenvalue weighted by atomic mass is 32.1. The maximum atomic E-state index is 12.5. The van der Waals surface area contributed by atoms with Gasteiger partial charge in [0.05, 0.1) is 9.75 Å². The lowest BCUT2D eigenvalue weighted by Gasteiger charge is -2.21. The summed E-state index contributed by atoms with van der Waals surface area (Å²) < 4.78 is 0. The lowest BCUT2D eigenvalue weighted by Crippen LogP contribution is -2.34. The summed E-state index contributed by atoms with van der Waals surface area (Å²) in [5.41, 5.74) is 0. The van der Waals surface area contributed by atoms with Crippen LogP contribution in [0.5, 0.6) is 0 Å². The van der Waals surface area contributed by atoms with Crippen LogP contribution in [0, 0.1) is 17.8 Å². The number of carbonyl (C=O) groups is 1. The Morgan fingerprint density at radius 2 is 2.16 bits per heavy atom. The number of rotatable bonds is 4. The third kappa shape index (κ3) is 3.17. The number of amides is 1. The zero-order valence-corrected chi connectivity index (χ0v) is 11.6. The monoisotopic (exact) mass is 275 g/mol. The van der Waals surface area contributed by atoms with Gasteiger partial charge in [0.25, 0.3) is 5.91 Å². The van der Waals surface area contributed by atoms with Crippen molar-refractivity contribution in [2.24, 2.45) is 5.92 Å². The zero-order chi connectivity index (χ0) is 13.2. The van der Waals surface area contributed by atoms with Crippen LogP contribution in [-0.2, 0) is 0 Å². The number of nitrogens with zero attached hydrogens (tertiary/aromatic N) is 1. The average Bonchev–Trinajstić information content (AvgIpc) is 3.32. The molecule has 1 aromatic heterocycles. The van der Waals surface area contributed by atoms with Gasteiger partial charge in [0.15, 0.2) is 0 Å². The van der Waals surface area contributed by atoms with Gasteiger partial charge in [0.1, 0.15) is 6.61 Å². The first-order chi connectivity index (χ1) is 9.28. The molecule has 19 heavy (non-hydrogen) atoms. The second-order valence-electron chi connectivity index (χ2n) is 5.26. The molecule has 0 aliphatic heterocycles. The second kappa shape index (κ2) is 5.36. The van der Waals surface area contributed by atoms with Crippen molar-refractivity contribution in [2.75, 3.05) is 13.2 Å². The van der Waals surface area contributed by atoms with Gasteiger partial charge >= 0.3 is 0 Å². The molecule has 0 aromatic carbocycles. The number of aliphatic hydroxyl groups excluding tert-OH is 1. The van der Waals surface area contributed by atoms with E-state index in [2.05, 4.69) is 16.7 Å². The first kappa shape index (κ1) is 12.7. The Morgan fingerprint density at radius 1 is 1.37 bits per heavy atom. The molecule has 4 heteroatoms. The molecule has 3 rings (SSSR count). The Labute approximate surface area is 117 Å². The van der Waals surface area contributed by atoms with E-state index in [1.807, 2.05) is 12.1 Å². The van der Waals surface area contributed by atoms with Crippen molar-refractivity contribution >= 4 is 17.2 Å². The minimum atomic E-state index is -0.142. The van der Waals surface area contributed by atoms with Gasteiger partial charge in [0, 0.05) is 12.6 Å². The number of thiophene rings is 1. The Kier molecular flexibility index (Phi) is 3.58. The first-order valence-electron chi connectivity index (χ1n) is 6.78. The third-order valence-corrected chi connectivity index (χ3v) is 4.50. The average molecular weight is 275 g/mol. The van der Waals surface area contributed by atoms with E-state index >= 15 is 0 Å². The fourth-order valence-corrected chi connectivity index (χ4v) is 2.99. The highest BCUT2D eigenvalue weighted by molar-refractivity contribution is 7.14. The van der Waals surface area contributed by atoms with Crippen LogP contribution >= 0.6 is 11.3 Å². The fourth-order valence-electron chi connectivity index (χ4n) is 2.15. The highest BCUT2D eigenvalue weighted by Gasteiger charge is 2.37. The van der Waals surface area contributed by atoms with Crippen LogP contribution in [0.25, 0.3) is 0 Å². The van der Waals surface area contributed by atoms with Crippen molar-refractivity contribution in [3.8, 4) is 11.8 Å². The molecule has 1 amide bonds. The Morgan fingerprint density at radius 3 is 2.79 bits per heavy atom. The van der Waals surface area contributed by atoms with E-state index in [9.17, 15) is 4.79 Å². The van der Waals surface area contributed by atoms with Crippen LogP contribution < -0.4 is 0 Å². The second-order valence-corrected chi connectivity index (χ2v) is 6.34. The summed E-state index contributed by atoms with van der Waals surface area (Å²) in [5, 5.41) is 8.67. The summed E-state index contributed by atoms with van der Waals surface area (Å²) in [4.78, 5) is 16.2. The van der Waals surface area contributed by atoms with Gasteiger partial charge in [-0.3, -0.25) is 4.79 Å². The van der Waals surface area contributed by atoms with Crippen molar-refractivity contribution in [1.29, 1.82) is 0 Å².